The van der Waals surface area contributed by atoms with Crippen LogP contribution >= 0.6 is 11.8 Å². The average Bonchev–Trinajstić information content (AvgIpc) is 2.91. The molecule has 0 saturated heterocycles. The number of non-ortho nitro benzene ring substituents is 1. The minimum absolute atomic E-state index is 0.0630. The molecular formula is C17H14FN3O4S. The Bertz CT molecular complexity index is 1030. The Morgan fingerprint density at radius 2 is 2.00 bits per heavy atom. The molecule has 0 aliphatic carbocycles. The monoisotopic (exact) mass is 375 g/mol. The quantitative estimate of drug-likeness (QED) is 0.411. The van der Waals surface area contributed by atoms with Gasteiger partial charge in [-0.05, 0) is 32.0 Å². The van der Waals surface area contributed by atoms with Crippen LogP contribution in [-0.2, 0) is 4.79 Å². The van der Waals surface area contributed by atoms with Crippen LogP contribution in [0.5, 0.6) is 0 Å². The number of thioether (sulfide) groups is 1. The van der Waals surface area contributed by atoms with Crippen molar-refractivity contribution in [3.63, 3.8) is 0 Å². The van der Waals surface area contributed by atoms with Crippen LogP contribution in [0.25, 0.3) is 16.7 Å². The molecule has 0 bridgehead atoms. The predicted molar refractivity (Wildman–Crippen MR) is 95.3 cm³/mol. The molecule has 0 spiro atoms. The summed E-state index contributed by atoms with van der Waals surface area (Å²) in [6.45, 7) is 3.05. The van der Waals surface area contributed by atoms with Gasteiger partial charge in [0, 0.05) is 6.07 Å². The number of para-hydroxylation sites is 2. The Morgan fingerprint density at radius 1 is 1.31 bits per heavy atom. The van der Waals surface area contributed by atoms with Crippen molar-refractivity contribution in [2.24, 2.45) is 0 Å². The first-order chi connectivity index (χ1) is 12.2. The summed E-state index contributed by atoms with van der Waals surface area (Å²) in [5.74, 6) is -1.83. The minimum Gasteiger partial charge on any atom is -0.480 e. The van der Waals surface area contributed by atoms with Crippen LogP contribution < -0.4 is 0 Å². The zero-order valence-corrected chi connectivity index (χ0v) is 14.7. The van der Waals surface area contributed by atoms with Crippen molar-refractivity contribution >= 4 is 34.5 Å². The third-order valence-electron chi connectivity index (χ3n) is 3.77. The predicted octanol–water partition coefficient (Wildman–Crippen LogP) is 4.03. The van der Waals surface area contributed by atoms with Crippen molar-refractivity contribution < 1.29 is 19.2 Å². The summed E-state index contributed by atoms with van der Waals surface area (Å²) in [5.41, 5.74) is 0.835. The Kier molecular flexibility index (Phi) is 4.41. The lowest BCUT2D eigenvalue weighted by Crippen LogP contribution is -2.27. The fourth-order valence-electron chi connectivity index (χ4n) is 2.37. The van der Waals surface area contributed by atoms with E-state index in [1.54, 1.807) is 24.3 Å². The number of nitrogens with zero attached hydrogens (tertiary/aromatic N) is 3. The van der Waals surface area contributed by atoms with E-state index in [4.69, 9.17) is 0 Å². The molecule has 1 heterocycles. The van der Waals surface area contributed by atoms with Crippen molar-refractivity contribution in [1.29, 1.82) is 0 Å². The van der Waals surface area contributed by atoms with Crippen molar-refractivity contribution in [3.05, 3.63) is 58.4 Å². The maximum absolute atomic E-state index is 14.6. The normalized spacial score (nSPS) is 11.7. The van der Waals surface area contributed by atoms with E-state index in [1.807, 2.05) is 0 Å². The highest BCUT2D eigenvalue weighted by atomic mass is 32.2. The van der Waals surface area contributed by atoms with E-state index in [2.05, 4.69) is 4.98 Å². The fourth-order valence-corrected chi connectivity index (χ4v) is 3.34. The smallest absolute Gasteiger partial charge is 0.319 e. The number of carboxylic acids is 1. The van der Waals surface area contributed by atoms with Crippen molar-refractivity contribution in [2.75, 3.05) is 0 Å². The highest BCUT2D eigenvalue weighted by Gasteiger charge is 2.32. The number of hydrogen-bond donors (Lipinski definition) is 1. The number of halogens is 1. The maximum Gasteiger partial charge on any atom is 0.319 e. The summed E-state index contributed by atoms with van der Waals surface area (Å²) in [5, 5.41) is 20.5. The van der Waals surface area contributed by atoms with Crippen LogP contribution in [0.1, 0.15) is 13.8 Å². The summed E-state index contributed by atoms with van der Waals surface area (Å²) in [4.78, 5) is 26.1. The van der Waals surface area contributed by atoms with Gasteiger partial charge in [0.1, 0.15) is 4.75 Å². The molecule has 0 saturated carbocycles. The maximum atomic E-state index is 14.6. The topological polar surface area (TPSA) is 98.3 Å². The molecule has 2 aromatic carbocycles. The summed E-state index contributed by atoms with van der Waals surface area (Å²) < 4.78 is 14.9. The zero-order valence-electron chi connectivity index (χ0n) is 13.8. The number of nitro benzene ring substituents is 1. The lowest BCUT2D eigenvalue weighted by molar-refractivity contribution is -0.385. The van der Waals surface area contributed by atoms with Gasteiger partial charge in [0.25, 0.3) is 5.69 Å². The number of nitro groups is 1. The minimum atomic E-state index is -1.20. The van der Waals surface area contributed by atoms with Gasteiger partial charge in [-0.1, -0.05) is 23.9 Å². The van der Waals surface area contributed by atoms with Gasteiger partial charge in [0.15, 0.2) is 11.0 Å². The van der Waals surface area contributed by atoms with Crippen LogP contribution in [0.15, 0.2) is 47.6 Å². The summed E-state index contributed by atoms with van der Waals surface area (Å²) in [6.07, 6.45) is 0. The number of carbonyl (C=O) groups is 1. The van der Waals surface area contributed by atoms with E-state index in [1.165, 1.54) is 30.5 Å². The molecule has 0 unspecified atom stereocenters. The van der Waals surface area contributed by atoms with Crippen LogP contribution in [0, 0.1) is 15.9 Å². The Labute approximate surface area is 151 Å². The first kappa shape index (κ1) is 17.9. The van der Waals surface area contributed by atoms with E-state index in [0.29, 0.717) is 11.0 Å². The molecule has 0 amide bonds. The molecule has 0 atom stereocenters. The van der Waals surface area contributed by atoms with Gasteiger partial charge in [0.05, 0.1) is 27.7 Å². The molecule has 0 fully saturated rings. The van der Waals surface area contributed by atoms with Gasteiger partial charge in [0.2, 0.25) is 0 Å². The van der Waals surface area contributed by atoms with E-state index < -0.39 is 21.5 Å². The van der Waals surface area contributed by atoms with Crippen LogP contribution in [0.2, 0.25) is 0 Å². The number of fused-ring (bicyclic) bond motifs is 1. The van der Waals surface area contributed by atoms with Gasteiger partial charge < -0.3 is 5.11 Å². The first-order valence-corrected chi connectivity index (χ1v) is 8.36. The molecule has 26 heavy (non-hydrogen) atoms. The number of hydrogen-bond acceptors (Lipinski definition) is 5. The molecule has 7 nitrogen and oxygen atoms in total. The lowest BCUT2D eigenvalue weighted by atomic mass is 10.2. The summed E-state index contributed by atoms with van der Waals surface area (Å²) in [7, 11) is 0. The number of aliphatic carboxylic acids is 1. The van der Waals surface area contributed by atoms with Crippen LogP contribution in [0.4, 0.5) is 10.1 Å². The number of benzene rings is 2. The number of imidazole rings is 1. The van der Waals surface area contributed by atoms with Crippen molar-refractivity contribution in [2.45, 2.75) is 23.8 Å². The first-order valence-electron chi connectivity index (χ1n) is 7.55. The summed E-state index contributed by atoms with van der Waals surface area (Å²) in [6, 6.07) is 10.3. The number of aromatic nitrogens is 2. The third kappa shape index (κ3) is 3.13. The molecule has 0 aliphatic heterocycles. The van der Waals surface area contributed by atoms with Gasteiger partial charge >= 0.3 is 5.97 Å². The van der Waals surface area contributed by atoms with E-state index in [0.717, 1.165) is 17.8 Å². The van der Waals surface area contributed by atoms with Crippen molar-refractivity contribution in [1.82, 2.24) is 9.55 Å². The second-order valence-electron chi connectivity index (χ2n) is 6.03. The van der Waals surface area contributed by atoms with Gasteiger partial charge in [-0.3, -0.25) is 19.5 Å². The second kappa shape index (κ2) is 6.41. The molecule has 1 N–H and O–H groups in total. The molecule has 0 radical (unpaired) electrons. The standard InChI is InChI=1S/C17H14FN3O4S/c1-17(2,15(22)23)26-16-19-12-5-3-4-6-14(12)20(16)13-8-7-10(21(24)25)9-11(13)18/h3-9H,1-2H3,(H,22,23). The molecule has 0 aliphatic rings. The average molecular weight is 375 g/mol. The SMILES string of the molecule is CC(C)(Sc1nc2ccccc2n1-c1ccc([N+](=O)[O-])cc1F)C(=O)O. The highest BCUT2D eigenvalue weighted by Crippen LogP contribution is 2.37. The van der Waals surface area contributed by atoms with Crippen LogP contribution in [0.3, 0.4) is 0 Å². The molecular weight excluding hydrogens is 361 g/mol. The molecule has 3 rings (SSSR count). The molecule has 3 aromatic rings. The Balaban J connectivity index is 2.23. The Hall–Kier alpha value is -2.94. The third-order valence-corrected chi connectivity index (χ3v) is 4.92. The number of carboxylic acid groups (broad SMARTS) is 1. The zero-order chi connectivity index (χ0) is 19.1. The van der Waals surface area contributed by atoms with Crippen molar-refractivity contribution in [3.8, 4) is 5.69 Å². The highest BCUT2D eigenvalue weighted by molar-refractivity contribution is 8.01. The van der Waals surface area contributed by atoms with Crippen LogP contribution in [-0.4, -0.2) is 30.3 Å². The van der Waals surface area contributed by atoms with E-state index in [-0.39, 0.29) is 16.5 Å². The Morgan fingerprint density at radius 3 is 2.62 bits per heavy atom. The number of rotatable bonds is 5. The largest absolute Gasteiger partial charge is 0.480 e. The van der Waals surface area contributed by atoms with Gasteiger partial charge in [-0.2, -0.15) is 0 Å². The molecule has 9 heteroatoms. The van der Waals surface area contributed by atoms with Gasteiger partial charge in [-0.15, -0.1) is 0 Å². The second-order valence-corrected chi connectivity index (χ2v) is 7.62. The summed E-state index contributed by atoms with van der Waals surface area (Å²) >= 11 is 0.972. The lowest BCUT2D eigenvalue weighted by Gasteiger charge is -2.19. The fraction of sp³-hybridized carbons (Fsp3) is 0.176. The van der Waals surface area contributed by atoms with E-state index in [9.17, 15) is 24.4 Å². The van der Waals surface area contributed by atoms with E-state index >= 15 is 0 Å². The van der Waals surface area contributed by atoms with Gasteiger partial charge in [-0.25, -0.2) is 9.37 Å². The molecule has 134 valence electrons. The molecule has 1 aromatic heterocycles.